The third kappa shape index (κ3) is 3.36. The van der Waals surface area contributed by atoms with Crippen LogP contribution >= 0.6 is 22.3 Å². The molecular formula is C10H10Cl2N2O4S. The summed E-state index contributed by atoms with van der Waals surface area (Å²) < 4.78 is 27.6. The zero-order valence-electron chi connectivity index (χ0n) is 9.67. The Morgan fingerprint density at radius 1 is 1.32 bits per heavy atom. The van der Waals surface area contributed by atoms with Gasteiger partial charge in [0, 0.05) is 23.8 Å². The van der Waals surface area contributed by atoms with Gasteiger partial charge < -0.3 is 9.64 Å². The second-order valence-corrected chi connectivity index (χ2v) is 6.74. The first-order valence-electron chi connectivity index (χ1n) is 5.38. The van der Waals surface area contributed by atoms with E-state index in [2.05, 4.69) is 4.98 Å². The van der Waals surface area contributed by atoms with Crippen LogP contribution in [0.2, 0.25) is 5.02 Å². The summed E-state index contributed by atoms with van der Waals surface area (Å²) >= 11 is 5.88. The van der Waals surface area contributed by atoms with Crippen LogP contribution in [0.15, 0.2) is 17.2 Å². The zero-order chi connectivity index (χ0) is 14.0. The van der Waals surface area contributed by atoms with Crippen molar-refractivity contribution in [2.45, 2.75) is 5.03 Å². The Bertz CT molecular complexity index is 600. The van der Waals surface area contributed by atoms with Crippen molar-refractivity contribution >= 4 is 37.2 Å². The summed E-state index contributed by atoms with van der Waals surface area (Å²) in [6.45, 7) is 1.68. The van der Waals surface area contributed by atoms with Gasteiger partial charge in [0.05, 0.1) is 18.2 Å². The van der Waals surface area contributed by atoms with E-state index < -0.39 is 20.0 Å². The molecule has 1 amide bonds. The van der Waals surface area contributed by atoms with E-state index in [0.717, 1.165) is 6.07 Å². The number of pyridine rings is 1. The van der Waals surface area contributed by atoms with Crippen molar-refractivity contribution in [2.24, 2.45) is 0 Å². The number of carbonyl (C=O) groups excluding carboxylic acids is 1. The van der Waals surface area contributed by atoms with E-state index in [0.29, 0.717) is 26.3 Å². The highest BCUT2D eigenvalue weighted by Gasteiger charge is 2.24. The Balaban J connectivity index is 2.35. The highest BCUT2D eigenvalue weighted by Crippen LogP contribution is 2.20. The Morgan fingerprint density at radius 3 is 2.53 bits per heavy atom. The van der Waals surface area contributed by atoms with Crippen molar-refractivity contribution in [3.05, 3.63) is 22.8 Å². The fraction of sp³-hybridized carbons (Fsp3) is 0.400. The second kappa shape index (κ2) is 5.62. The predicted molar refractivity (Wildman–Crippen MR) is 69.0 cm³/mol. The minimum absolute atomic E-state index is 0.0839. The summed E-state index contributed by atoms with van der Waals surface area (Å²) in [7, 11) is 1.20. The van der Waals surface area contributed by atoms with Crippen LogP contribution in [0.3, 0.4) is 0 Å². The number of hydrogen-bond donors (Lipinski definition) is 0. The van der Waals surface area contributed by atoms with Gasteiger partial charge in [-0.05, 0) is 12.1 Å². The topological polar surface area (TPSA) is 76.6 Å². The summed E-state index contributed by atoms with van der Waals surface area (Å²) in [6.07, 6.45) is 0. The van der Waals surface area contributed by atoms with E-state index in [1.165, 1.54) is 11.0 Å². The molecule has 6 nitrogen and oxygen atoms in total. The second-order valence-electron chi connectivity index (χ2n) is 3.82. The minimum Gasteiger partial charge on any atom is -0.378 e. The Hall–Kier alpha value is -0.890. The van der Waals surface area contributed by atoms with Gasteiger partial charge in [-0.15, -0.1) is 0 Å². The molecule has 0 aliphatic carbocycles. The molecule has 1 aromatic rings. The highest BCUT2D eigenvalue weighted by molar-refractivity contribution is 8.13. The van der Waals surface area contributed by atoms with Gasteiger partial charge in [0.2, 0.25) is 0 Å². The fourth-order valence-corrected chi connectivity index (χ4v) is 2.50. The summed E-state index contributed by atoms with van der Waals surface area (Å²) in [5, 5.41) is -0.310. The maximum Gasteiger partial charge on any atom is 0.278 e. The molecule has 0 N–H and O–H groups in total. The molecule has 1 aromatic heterocycles. The van der Waals surface area contributed by atoms with Gasteiger partial charge in [0.1, 0.15) is 5.69 Å². The number of ether oxygens (including phenoxy) is 1. The van der Waals surface area contributed by atoms with Crippen LogP contribution in [0.1, 0.15) is 10.5 Å². The first-order chi connectivity index (χ1) is 8.89. The number of carbonyl (C=O) groups is 1. The highest BCUT2D eigenvalue weighted by atomic mass is 35.7. The van der Waals surface area contributed by atoms with Gasteiger partial charge >= 0.3 is 0 Å². The molecule has 0 spiro atoms. The minimum atomic E-state index is -4.00. The summed E-state index contributed by atoms with van der Waals surface area (Å²) in [6, 6.07) is 2.44. The number of morpholine rings is 1. The third-order valence-corrected chi connectivity index (χ3v) is 4.08. The van der Waals surface area contributed by atoms with Crippen LogP contribution in [0.4, 0.5) is 0 Å². The van der Waals surface area contributed by atoms with Crippen LogP contribution in [-0.4, -0.2) is 50.5 Å². The standard InChI is InChI=1S/C10H10Cl2N2O4S/c11-7-1-2-8(19(12,16)17)13-9(7)10(15)14-3-5-18-6-4-14/h1-2H,3-6H2. The smallest absolute Gasteiger partial charge is 0.278 e. The molecule has 1 fully saturated rings. The molecule has 1 aliphatic heterocycles. The molecule has 2 rings (SSSR count). The van der Waals surface area contributed by atoms with Gasteiger partial charge in [0.15, 0.2) is 5.03 Å². The first kappa shape index (κ1) is 14.5. The molecule has 2 heterocycles. The van der Waals surface area contributed by atoms with E-state index in [1.54, 1.807) is 0 Å². The van der Waals surface area contributed by atoms with Crippen LogP contribution in [0.5, 0.6) is 0 Å². The van der Waals surface area contributed by atoms with Crippen molar-refractivity contribution in [1.82, 2.24) is 9.88 Å². The molecule has 0 bridgehead atoms. The average molecular weight is 325 g/mol. The lowest BCUT2D eigenvalue weighted by Gasteiger charge is -2.26. The van der Waals surface area contributed by atoms with Crippen LogP contribution in [0, 0.1) is 0 Å². The molecular weight excluding hydrogens is 315 g/mol. The monoisotopic (exact) mass is 324 g/mol. The van der Waals surface area contributed by atoms with Crippen LogP contribution < -0.4 is 0 Å². The number of rotatable bonds is 2. The SMILES string of the molecule is O=C(c1nc(S(=O)(=O)Cl)ccc1Cl)N1CCOCC1. The maximum atomic E-state index is 12.2. The van der Waals surface area contributed by atoms with E-state index in [-0.39, 0.29) is 10.7 Å². The lowest BCUT2D eigenvalue weighted by molar-refractivity contribution is 0.0298. The molecule has 0 unspecified atom stereocenters. The normalized spacial score (nSPS) is 16.4. The zero-order valence-corrected chi connectivity index (χ0v) is 12.0. The van der Waals surface area contributed by atoms with Crippen molar-refractivity contribution < 1.29 is 17.9 Å². The van der Waals surface area contributed by atoms with Crippen molar-refractivity contribution in [3.63, 3.8) is 0 Å². The summed E-state index contributed by atoms with van der Waals surface area (Å²) in [5.74, 6) is -0.435. The van der Waals surface area contributed by atoms with Gasteiger partial charge in [-0.2, -0.15) is 0 Å². The van der Waals surface area contributed by atoms with Gasteiger partial charge in [-0.25, -0.2) is 13.4 Å². The van der Waals surface area contributed by atoms with Crippen molar-refractivity contribution in [3.8, 4) is 0 Å². The van der Waals surface area contributed by atoms with Gasteiger partial charge in [-0.3, -0.25) is 4.79 Å². The quantitative estimate of drug-likeness (QED) is 0.762. The summed E-state index contributed by atoms with van der Waals surface area (Å²) in [4.78, 5) is 17.4. The number of nitrogens with zero attached hydrogens (tertiary/aromatic N) is 2. The van der Waals surface area contributed by atoms with Gasteiger partial charge in [0.25, 0.3) is 15.0 Å². The van der Waals surface area contributed by atoms with Crippen molar-refractivity contribution in [2.75, 3.05) is 26.3 Å². The molecule has 9 heteroatoms. The molecule has 0 atom stereocenters. The Morgan fingerprint density at radius 2 is 1.95 bits per heavy atom. The van der Waals surface area contributed by atoms with E-state index in [4.69, 9.17) is 27.0 Å². The predicted octanol–water partition coefficient (Wildman–Crippen LogP) is 1.13. The van der Waals surface area contributed by atoms with E-state index in [9.17, 15) is 13.2 Å². The third-order valence-electron chi connectivity index (χ3n) is 2.57. The van der Waals surface area contributed by atoms with Crippen LogP contribution in [-0.2, 0) is 13.8 Å². The Labute approximate surface area is 119 Å². The summed E-state index contributed by atoms with van der Waals surface area (Å²) in [5.41, 5.74) is -0.120. The first-order valence-corrected chi connectivity index (χ1v) is 8.06. The molecule has 0 saturated carbocycles. The number of amides is 1. The molecule has 0 aromatic carbocycles. The molecule has 1 aliphatic rings. The molecule has 104 valence electrons. The number of aromatic nitrogens is 1. The molecule has 0 radical (unpaired) electrons. The largest absolute Gasteiger partial charge is 0.378 e. The van der Waals surface area contributed by atoms with Crippen molar-refractivity contribution in [1.29, 1.82) is 0 Å². The molecule has 1 saturated heterocycles. The van der Waals surface area contributed by atoms with E-state index >= 15 is 0 Å². The number of hydrogen-bond acceptors (Lipinski definition) is 5. The average Bonchev–Trinajstić information content (AvgIpc) is 2.38. The number of halogens is 2. The fourth-order valence-electron chi connectivity index (χ4n) is 1.63. The Kier molecular flexibility index (Phi) is 4.29. The maximum absolute atomic E-state index is 12.2. The van der Waals surface area contributed by atoms with Gasteiger partial charge in [-0.1, -0.05) is 11.6 Å². The van der Waals surface area contributed by atoms with E-state index in [1.807, 2.05) is 0 Å². The lowest BCUT2D eigenvalue weighted by Crippen LogP contribution is -2.41. The molecule has 19 heavy (non-hydrogen) atoms. The lowest BCUT2D eigenvalue weighted by atomic mass is 10.3. The van der Waals surface area contributed by atoms with Crippen LogP contribution in [0.25, 0.3) is 0 Å².